The fourth-order valence-electron chi connectivity index (χ4n) is 3.01. The summed E-state index contributed by atoms with van der Waals surface area (Å²) in [6.07, 6.45) is 1.87. The smallest absolute Gasteiger partial charge is 0.124 e. The molecule has 0 atom stereocenters. The fourth-order valence-corrected chi connectivity index (χ4v) is 3.01. The van der Waals surface area contributed by atoms with Crippen LogP contribution in [0, 0.1) is 6.92 Å². The van der Waals surface area contributed by atoms with E-state index < -0.39 is 0 Å². The Morgan fingerprint density at radius 3 is 2.55 bits per heavy atom. The van der Waals surface area contributed by atoms with Crippen molar-refractivity contribution in [2.45, 2.75) is 13.5 Å². The minimum Gasteiger partial charge on any atom is -0.384 e. The second-order valence-corrected chi connectivity index (χ2v) is 5.72. The number of pyridine rings is 1. The number of rotatable bonds is 2. The molecule has 22 heavy (non-hydrogen) atoms. The van der Waals surface area contributed by atoms with Crippen molar-refractivity contribution in [2.24, 2.45) is 0 Å². The van der Waals surface area contributed by atoms with Gasteiger partial charge >= 0.3 is 0 Å². The van der Waals surface area contributed by atoms with Crippen LogP contribution in [0.3, 0.4) is 0 Å². The number of hydrogen-bond donors (Lipinski definition) is 1. The highest BCUT2D eigenvalue weighted by molar-refractivity contribution is 6.08. The van der Waals surface area contributed by atoms with Crippen LogP contribution in [-0.4, -0.2) is 9.55 Å². The number of nitrogens with zero attached hydrogens (tertiary/aromatic N) is 2. The third-order valence-corrected chi connectivity index (χ3v) is 4.14. The first-order chi connectivity index (χ1) is 10.7. The van der Waals surface area contributed by atoms with Crippen molar-refractivity contribution in [1.29, 1.82) is 0 Å². The number of nitrogen functional groups attached to an aromatic ring is 1. The van der Waals surface area contributed by atoms with Crippen molar-refractivity contribution in [3.05, 3.63) is 71.9 Å². The van der Waals surface area contributed by atoms with Gasteiger partial charge in [0, 0.05) is 22.8 Å². The molecule has 2 heterocycles. The van der Waals surface area contributed by atoms with E-state index in [1.807, 2.05) is 12.3 Å². The maximum absolute atomic E-state index is 5.87. The predicted octanol–water partition coefficient (Wildman–Crippen LogP) is 4.13. The zero-order chi connectivity index (χ0) is 15.1. The number of aromatic nitrogens is 2. The molecule has 0 aliphatic rings. The lowest BCUT2D eigenvalue weighted by molar-refractivity contribution is 0.866. The molecular formula is C19H17N3. The molecule has 3 heteroatoms. The third-order valence-electron chi connectivity index (χ3n) is 4.14. The molecule has 0 fully saturated rings. The van der Waals surface area contributed by atoms with E-state index in [0.29, 0.717) is 5.82 Å². The van der Waals surface area contributed by atoms with Gasteiger partial charge in [0.25, 0.3) is 0 Å². The third kappa shape index (κ3) is 2.02. The Bertz CT molecular complexity index is 965. The lowest BCUT2D eigenvalue weighted by Crippen LogP contribution is -2.00. The van der Waals surface area contributed by atoms with Gasteiger partial charge in [-0.05, 0) is 24.6 Å². The second kappa shape index (κ2) is 4.88. The molecule has 0 amide bonds. The van der Waals surface area contributed by atoms with Crippen LogP contribution in [0.1, 0.15) is 11.1 Å². The first kappa shape index (κ1) is 12.9. The lowest BCUT2D eigenvalue weighted by Gasteiger charge is -2.08. The van der Waals surface area contributed by atoms with E-state index in [-0.39, 0.29) is 0 Å². The molecule has 0 unspecified atom stereocenters. The first-order valence-electron chi connectivity index (χ1n) is 7.40. The maximum atomic E-state index is 5.87. The summed E-state index contributed by atoms with van der Waals surface area (Å²) in [6.45, 7) is 2.94. The van der Waals surface area contributed by atoms with Crippen molar-refractivity contribution in [3.63, 3.8) is 0 Å². The van der Waals surface area contributed by atoms with Gasteiger partial charge < -0.3 is 10.3 Å². The SMILES string of the molecule is Cc1ccc(Cn2c3ccccc3c3cc(N)ncc32)cc1. The van der Waals surface area contributed by atoms with Crippen molar-refractivity contribution >= 4 is 27.6 Å². The highest BCUT2D eigenvalue weighted by Crippen LogP contribution is 2.30. The van der Waals surface area contributed by atoms with Crippen molar-refractivity contribution < 1.29 is 0 Å². The number of hydrogen-bond acceptors (Lipinski definition) is 2. The molecule has 2 aromatic carbocycles. The van der Waals surface area contributed by atoms with Gasteiger partial charge in [0.2, 0.25) is 0 Å². The van der Waals surface area contributed by atoms with E-state index >= 15 is 0 Å². The van der Waals surface area contributed by atoms with E-state index in [0.717, 1.165) is 17.4 Å². The lowest BCUT2D eigenvalue weighted by atomic mass is 10.1. The largest absolute Gasteiger partial charge is 0.384 e. The van der Waals surface area contributed by atoms with E-state index in [1.54, 1.807) is 0 Å². The minimum atomic E-state index is 0.561. The summed E-state index contributed by atoms with van der Waals surface area (Å²) in [5.74, 6) is 0.561. The zero-order valence-corrected chi connectivity index (χ0v) is 12.5. The molecule has 2 aromatic heterocycles. The minimum absolute atomic E-state index is 0.561. The quantitative estimate of drug-likeness (QED) is 0.602. The average Bonchev–Trinajstić information content (AvgIpc) is 2.83. The summed E-state index contributed by atoms with van der Waals surface area (Å²) in [6, 6.07) is 19.1. The van der Waals surface area contributed by atoms with E-state index in [4.69, 9.17) is 5.73 Å². The van der Waals surface area contributed by atoms with Crippen LogP contribution in [0.5, 0.6) is 0 Å². The van der Waals surface area contributed by atoms with Gasteiger partial charge in [0.1, 0.15) is 5.82 Å². The first-order valence-corrected chi connectivity index (χ1v) is 7.40. The molecule has 0 bridgehead atoms. The normalized spacial score (nSPS) is 11.3. The maximum Gasteiger partial charge on any atom is 0.124 e. The molecule has 4 aromatic rings. The fraction of sp³-hybridized carbons (Fsp3) is 0.105. The summed E-state index contributed by atoms with van der Waals surface area (Å²) in [7, 11) is 0. The van der Waals surface area contributed by atoms with Crippen LogP contribution in [0.4, 0.5) is 5.82 Å². The summed E-state index contributed by atoms with van der Waals surface area (Å²) in [5.41, 5.74) is 10.8. The molecule has 4 rings (SSSR count). The monoisotopic (exact) mass is 287 g/mol. The standard InChI is InChI=1S/C19H17N3/c1-13-6-8-14(9-7-13)12-22-17-5-3-2-4-15(17)16-10-19(20)21-11-18(16)22/h2-11H,12H2,1H3,(H2,20,21). The molecule has 0 aliphatic heterocycles. The van der Waals surface area contributed by atoms with Crippen molar-refractivity contribution in [3.8, 4) is 0 Å². The van der Waals surface area contributed by atoms with Gasteiger partial charge in [-0.1, -0.05) is 48.0 Å². The Labute approximate surface area is 129 Å². The Balaban J connectivity index is 1.96. The molecule has 108 valence electrons. The zero-order valence-electron chi connectivity index (χ0n) is 12.5. The molecule has 0 saturated heterocycles. The Hall–Kier alpha value is -2.81. The summed E-state index contributed by atoms with van der Waals surface area (Å²) < 4.78 is 2.31. The van der Waals surface area contributed by atoms with Crippen molar-refractivity contribution in [2.75, 3.05) is 5.73 Å². The van der Waals surface area contributed by atoms with Gasteiger partial charge in [-0.15, -0.1) is 0 Å². The highest BCUT2D eigenvalue weighted by atomic mass is 15.0. The molecule has 2 N–H and O–H groups in total. The molecule has 0 aliphatic carbocycles. The number of fused-ring (bicyclic) bond motifs is 3. The van der Waals surface area contributed by atoms with Crippen LogP contribution in [0.2, 0.25) is 0 Å². The van der Waals surface area contributed by atoms with Gasteiger partial charge in [-0.25, -0.2) is 4.98 Å². The molecule has 0 radical (unpaired) electrons. The predicted molar refractivity (Wildman–Crippen MR) is 91.9 cm³/mol. The van der Waals surface area contributed by atoms with Gasteiger partial charge in [0.05, 0.1) is 11.7 Å². The Kier molecular flexibility index (Phi) is 2.86. The van der Waals surface area contributed by atoms with E-state index in [9.17, 15) is 0 Å². The number of nitrogens with two attached hydrogens (primary N) is 1. The number of para-hydroxylation sites is 1. The highest BCUT2D eigenvalue weighted by Gasteiger charge is 2.11. The van der Waals surface area contributed by atoms with Gasteiger partial charge in [0.15, 0.2) is 0 Å². The van der Waals surface area contributed by atoms with Crippen LogP contribution in [0.15, 0.2) is 60.8 Å². The van der Waals surface area contributed by atoms with Gasteiger partial charge in [-0.2, -0.15) is 0 Å². The molecule has 0 spiro atoms. The van der Waals surface area contributed by atoms with Crippen molar-refractivity contribution in [1.82, 2.24) is 9.55 Å². The second-order valence-electron chi connectivity index (χ2n) is 5.72. The number of aryl methyl sites for hydroxylation is 1. The van der Waals surface area contributed by atoms with Crippen LogP contribution in [-0.2, 0) is 6.54 Å². The molecule has 0 saturated carbocycles. The van der Waals surface area contributed by atoms with Crippen LogP contribution >= 0.6 is 0 Å². The topological polar surface area (TPSA) is 43.8 Å². The summed E-state index contributed by atoms with van der Waals surface area (Å²) in [5, 5.41) is 2.38. The number of benzene rings is 2. The Morgan fingerprint density at radius 1 is 0.955 bits per heavy atom. The van der Waals surface area contributed by atoms with E-state index in [1.165, 1.54) is 22.0 Å². The van der Waals surface area contributed by atoms with E-state index in [2.05, 4.69) is 65.0 Å². The van der Waals surface area contributed by atoms with Gasteiger partial charge in [-0.3, -0.25) is 0 Å². The summed E-state index contributed by atoms with van der Waals surface area (Å²) >= 11 is 0. The summed E-state index contributed by atoms with van der Waals surface area (Å²) in [4.78, 5) is 4.28. The average molecular weight is 287 g/mol. The van der Waals surface area contributed by atoms with Crippen LogP contribution in [0.25, 0.3) is 21.8 Å². The molecule has 3 nitrogen and oxygen atoms in total. The van der Waals surface area contributed by atoms with Crippen LogP contribution < -0.4 is 5.73 Å². The number of anilines is 1. The Morgan fingerprint density at radius 2 is 1.73 bits per heavy atom. The molecular weight excluding hydrogens is 270 g/mol.